The third-order valence-corrected chi connectivity index (χ3v) is 9.41. The molecule has 0 saturated heterocycles. The van der Waals surface area contributed by atoms with Gasteiger partial charge < -0.3 is 9.47 Å². The van der Waals surface area contributed by atoms with Gasteiger partial charge in [-0.25, -0.2) is 9.97 Å². The summed E-state index contributed by atoms with van der Waals surface area (Å²) in [5, 5.41) is 1.99. The van der Waals surface area contributed by atoms with Crippen LogP contribution in [0.2, 0.25) is 0 Å². The molecule has 6 heteroatoms. The van der Waals surface area contributed by atoms with E-state index < -0.39 is 0 Å². The minimum absolute atomic E-state index is 0.811. The number of nitrogens with zero attached hydrogens (tertiary/aromatic N) is 2. The Labute approximate surface area is 262 Å². The maximum absolute atomic E-state index is 6.01. The predicted octanol–water partition coefficient (Wildman–Crippen LogP) is 11.5. The van der Waals surface area contributed by atoms with Crippen LogP contribution in [-0.4, -0.2) is 9.97 Å². The maximum Gasteiger partial charge on any atom is 0.128 e. The zero-order chi connectivity index (χ0) is 29.3. The van der Waals surface area contributed by atoms with E-state index in [1.54, 1.807) is 22.7 Å². The molecule has 0 spiro atoms. The molecule has 0 aliphatic rings. The van der Waals surface area contributed by atoms with Crippen LogP contribution >= 0.6 is 22.7 Å². The van der Waals surface area contributed by atoms with Gasteiger partial charge in [0.25, 0.3) is 0 Å². The van der Waals surface area contributed by atoms with Crippen LogP contribution in [0.15, 0.2) is 146 Å². The lowest BCUT2D eigenvalue weighted by molar-refractivity contribution is 0.483. The van der Waals surface area contributed by atoms with Crippen molar-refractivity contribution in [3.63, 3.8) is 0 Å². The van der Waals surface area contributed by atoms with Crippen LogP contribution in [-0.2, 0) is 0 Å². The van der Waals surface area contributed by atoms with Crippen molar-refractivity contribution in [2.45, 2.75) is 0 Å². The van der Waals surface area contributed by atoms with Crippen LogP contribution < -0.4 is 9.47 Å². The van der Waals surface area contributed by atoms with E-state index in [1.807, 2.05) is 84.9 Å². The lowest BCUT2D eigenvalue weighted by Gasteiger charge is -2.04. The Balaban J connectivity index is 0.984. The molecule has 4 nitrogen and oxygen atoms in total. The van der Waals surface area contributed by atoms with Crippen LogP contribution in [0.4, 0.5) is 0 Å². The Hall–Kier alpha value is -5.30. The summed E-state index contributed by atoms with van der Waals surface area (Å²) in [6.07, 6.45) is 0. The Morgan fingerprint density at radius 1 is 0.364 bits per heavy atom. The van der Waals surface area contributed by atoms with Crippen molar-refractivity contribution in [3.05, 3.63) is 146 Å². The first-order valence-electron chi connectivity index (χ1n) is 14.2. The van der Waals surface area contributed by atoms with Gasteiger partial charge in [0.15, 0.2) is 0 Å². The number of thiazole rings is 2. The standard InChI is InChI=1S/C38H24N2O2S2/c1-3-7-29(8-4-1)41-31-19-21-33-35(23-31)43-37(39-33)27-15-11-25(12-16-27)26-13-17-28(18-14-26)38-40-34-22-20-32(24-36(34)44-38)42-30-9-5-2-6-10-30/h1-24H. The molecule has 210 valence electrons. The summed E-state index contributed by atoms with van der Waals surface area (Å²) in [6.45, 7) is 0. The molecular formula is C38H24N2O2S2. The number of ether oxygens (including phenoxy) is 2. The fraction of sp³-hybridized carbons (Fsp3) is 0. The molecule has 0 atom stereocenters. The minimum atomic E-state index is 0.811. The summed E-state index contributed by atoms with van der Waals surface area (Å²) >= 11 is 3.35. The lowest BCUT2D eigenvalue weighted by atomic mass is 10.0. The van der Waals surface area contributed by atoms with Gasteiger partial charge in [0.1, 0.15) is 33.0 Å². The molecule has 0 radical (unpaired) electrons. The minimum Gasteiger partial charge on any atom is -0.457 e. The van der Waals surface area contributed by atoms with Crippen molar-refractivity contribution < 1.29 is 9.47 Å². The summed E-state index contributed by atoms with van der Waals surface area (Å²) in [4.78, 5) is 9.74. The van der Waals surface area contributed by atoms with Crippen LogP contribution in [0.3, 0.4) is 0 Å². The maximum atomic E-state index is 6.01. The van der Waals surface area contributed by atoms with E-state index in [0.717, 1.165) is 75.7 Å². The highest BCUT2D eigenvalue weighted by Gasteiger charge is 2.11. The molecule has 0 fully saturated rings. The highest BCUT2D eigenvalue weighted by Crippen LogP contribution is 2.36. The summed E-state index contributed by atoms with van der Waals surface area (Å²) in [5.74, 6) is 3.27. The predicted molar refractivity (Wildman–Crippen MR) is 182 cm³/mol. The number of hydrogen-bond acceptors (Lipinski definition) is 6. The fourth-order valence-electron chi connectivity index (χ4n) is 5.04. The first kappa shape index (κ1) is 26.3. The topological polar surface area (TPSA) is 44.2 Å². The smallest absolute Gasteiger partial charge is 0.128 e. The van der Waals surface area contributed by atoms with E-state index in [9.17, 15) is 0 Å². The van der Waals surface area contributed by atoms with Crippen LogP contribution in [0.25, 0.3) is 52.7 Å². The van der Waals surface area contributed by atoms with E-state index in [2.05, 4.69) is 60.7 Å². The molecule has 0 unspecified atom stereocenters. The monoisotopic (exact) mass is 604 g/mol. The van der Waals surface area contributed by atoms with Gasteiger partial charge in [-0.3, -0.25) is 0 Å². The van der Waals surface area contributed by atoms with Gasteiger partial charge in [-0.15, -0.1) is 22.7 Å². The van der Waals surface area contributed by atoms with Gasteiger partial charge in [-0.2, -0.15) is 0 Å². The molecule has 44 heavy (non-hydrogen) atoms. The Kier molecular flexibility index (Phi) is 6.83. The normalized spacial score (nSPS) is 11.2. The summed E-state index contributed by atoms with van der Waals surface area (Å²) in [6, 6.07) is 49.0. The first-order valence-corrected chi connectivity index (χ1v) is 15.9. The Bertz CT molecular complexity index is 2050. The second kappa shape index (κ2) is 11.4. The van der Waals surface area contributed by atoms with Gasteiger partial charge in [0.2, 0.25) is 0 Å². The largest absolute Gasteiger partial charge is 0.457 e. The van der Waals surface area contributed by atoms with Crippen LogP contribution in [0.1, 0.15) is 0 Å². The van der Waals surface area contributed by atoms with Gasteiger partial charge in [0.05, 0.1) is 20.4 Å². The van der Waals surface area contributed by atoms with Crippen LogP contribution in [0.5, 0.6) is 23.0 Å². The van der Waals surface area contributed by atoms with Crippen molar-refractivity contribution in [2.24, 2.45) is 0 Å². The molecule has 8 rings (SSSR count). The molecule has 0 bridgehead atoms. The van der Waals surface area contributed by atoms with E-state index in [-0.39, 0.29) is 0 Å². The highest BCUT2D eigenvalue weighted by molar-refractivity contribution is 7.22. The second-order valence-electron chi connectivity index (χ2n) is 10.3. The van der Waals surface area contributed by atoms with Crippen molar-refractivity contribution in [3.8, 4) is 55.3 Å². The van der Waals surface area contributed by atoms with Gasteiger partial charge in [-0.05, 0) is 59.7 Å². The number of para-hydroxylation sites is 2. The fourth-order valence-corrected chi connectivity index (χ4v) is 7.04. The molecule has 6 aromatic carbocycles. The summed E-state index contributed by atoms with van der Waals surface area (Å²) in [5.41, 5.74) is 6.46. The molecule has 0 aliphatic heterocycles. The molecule has 8 aromatic rings. The first-order chi connectivity index (χ1) is 21.7. The number of fused-ring (bicyclic) bond motifs is 2. The highest BCUT2D eigenvalue weighted by atomic mass is 32.1. The lowest BCUT2D eigenvalue weighted by Crippen LogP contribution is -1.83. The number of rotatable bonds is 7. The Morgan fingerprint density at radius 2 is 0.750 bits per heavy atom. The number of aromatic nitrogens is 2. The molecular weight excluding hydrogens is 581 g/mol. The van der Waals surface area contributed by atoms with Gasteiger partial charge in [-0.1, -0.05) is 84.9 Å². The summed E-state index contributed by atoms with van der Waals surface area (Å²) < 4.78 is 14.2. The van der Waals surface area contributed by atoms with E-state index in [1.165, 1.54) is 0 Å². The molecule has 0 N–H and O–H groups in total. The average Bonchev–Trinajstić information content (AvgIpc) is 3.70. The van der Waals surface area contributed by atoms with Crippen molar-refractivity contribution >= 4 is 43.1 Å². The Morgan fingerprint density at radius 3 is 1.16 bits per heavy atom. The van der Waals surface area contributed by atoms with Gasteiger partial charge >= 0.3 is 0 Å². The molecule has 2 aromatic heterocycles. The third kappa shape index (κ3) is 5.44. The zero-order valence-corrected chi connectivity index (χ0v) is 25.0. The zero-order valence-electron chi connectivity index (χ0n) is 23.4. The number of benzene rings is 6. The SMILES string of the molecule is c1ccc(Oc2ccc3nc(-c4ccc(-c5ccc(-c6nc7ccc(Oc8ccccc8)cc7s6)cc5)cc4)sc3c2)cc1. The number of hydrogen-bond donors (Lipinski definition) is 0. The van der Waals surface area contributed by atoms with E-state index >= 15 is 0 Å². The molecule has 0 aliphatic carbocycles. The quantitative estimate of drug-likeness (QED) is 0.181. The molecule has 0 amide bonds. The van der Waals surface area contributed by atoms with E-state index in [4.69, 9.17) is 19.4 Å². The average molecular weight is 605 g/mol. The van der Waals surface area contributed by atoms with Crippen molar-refractivity contribution in [1.29, 1.82) is 0 Å². The third-order valence-electron chi connectivity index (χ3n) is 7.27. The van der Waals surface area contributed by atoms with Crippen LogP contribution in [0, 0.1) is 0 Å². The molecule has 2 heterocycles. The summed E-state index contributed by atoms with van der Waals surface area (Å²) in [7, 11) is 0. The van der Waals surface area contributed by atoms with E-state index in [0.29, 0.717) is 0 Å². The van der Waals surface area contributed by atoms with Gasteiger partial charge in [0, 0.05) is 23.3 Å². The van der Waals surface area contributed by atoms with Crippen molar-refractivity contribution in [2.75, 3.05) is 0 Å². The van der Waals surface area contributed by atoms with Crippen molar-refractivity contribution in [1.82, 2.24) is 9.97 Å². The molecule has 0 saturated carbocycles. The second-order valence-corrected chi connectivity index (χ2v) is 12.3.